The van der Waals surface area contributed by atoms with Gasteiger partial charge in [-0.3, -0.25) is 4.68 Å². The van der Waals surface area contributed by atoms with E-state index in [4.69, 9.17) is 0 Å². The van der Waals surface area contributed by atoms with Gasteiger partial charge in [0.15, 0.2) is 9.84 Å². The van der Waals surface area contributed by atoms with Crippen LogP contribution in [0.5, 0.6) is 0 Å². The standard InChI is InChI=1S/C14H23N3O2S/c1-14(2)13(9-20(14,18)19)15-8-12-10-6-4-5-7-11(10)16-17(12)3/h13,15H,4-9H2,1-3H3/t13-/m0/s1. The number of nitrogens with zero attached hydrogens (tertiary/aromatic N) is 2. The lowest BCUT2D eigenvalue weighted by atomic mass is 9.95. The molecule has 6 heteroatoms. The smallest absolute Gasteiger partial charge is 0.158 e. The largest absolute Gasteiger partial charge is 0.306 e. The lowest BCUT2D eigenvalue weighted by molar-refractivity contribution is 0.380. The molecular formula is C14H23N3O2S. The number of aromatic nitrogens is 2. The van der Waals surface area contributed by atoms with Gasteiger partial charge in [0.25, 0.3) is 0 Å². The zero-order valence-electron chi connectivity index (χ0n) is 12.4. The molecule has 3 rings (SSSR count). The molecule has 20 heavy (non-hydrogen) atoms. The molecule has 2 heterocycles. The van der Waals surface area contributed by atoms with Gasteiger partial charge in [-0.05, 0) is 45.1 Å². The van der Waals surface area contributed by atoms with Crippen molar-refractivity contribution in [3.63, 3.8) is 0 Å². The van der Waals surface area contributed by atoms with Crippen molar-refractivity contribution in [1.29, 1.82) is 0 Å². The second-order valence-electron chi connectivity index (χ2n) is 6.52. The van der Waals surface area contributed by atoms with Crippen LogP contribution in [0.25, 0.3) is 0 Å². The van der Waals surface area contributed by atoms with Crippen molar-refractivity contribution in [2.24, 2.45) is 7.05 Å². The van der Waals surface area contributed by atoms with Crippen molar-refractivity contribution in [1.82, 2.24) is 15.1 Å². The first-order valence-corrected chi connectivity index (χ1v) is 8.97. The summed E-state index contributed by atoms with van der Waals surface area (Å²) in [4.78, 5) is 0. The van der Waals surface area contributed by atoms with Gasteiger partial charge in [0.2, 0.25) is 0 Å². The Kier molecular flexibility index (Phi) is 3.21. The molecule has 0 saturated carbocycles. The van der Waals surface area contributed by atoms with E-state index in [-0.39, 0.29) is 11.8 Å². The van der Waals surface area contributed by atoms with E-state index in [9.17, 15) is 8.42 Å². The molecule has 1 fully saturated rings. The minimum atomic E-state index is -2.91. The van der Waals surface area contributed by atoms with E-state index in [0.717, 1.165) is 12.8 Å². The van der Waals surface area contributed by atoms with Gasteiger partial charge < -0.3 is 5.32 Å². The maximum absolute atomic E-state index is 11.8. The van der Waals surface area contributed by atoms with Crippen molar-refractivity contribution in [3.05, 3.63) is 17.0 Å². The molecule has 1 aliphatic heterocycles. The fourth-order valence-corrected chi connectivity index (χ4v) is 4.95. The predicted octanol–water partition coefficient (Wildman–Crippen LogP) is 0.964. The van der Waals surface area contributed by atoms with E-state index in [2.05, 4.69) is 10.4 Å². The number of sulfone groups is 1. The molecule has 0 radical (unpaired) electrons. The average Bonchev–Trinajstić information content (AvgIpc) is 2.70. The molecule has 0 amide bonds. The first-order chi connectivity index (χ1) is 9.33. The highest BCUT2D eigenvalue weighted by molar-refractivity contribution is 7.94. The Morgan fingerprint density at radius 1 is 1.35 bits per heavy atom. The molecule has 0 unspecified atom stereocenters. The minimum Gasteiger partial charge on any atom is -0.306 e. The van der Waals surface area contributed by atoms with Gasteiger partial charge in [-0.2, -0.15) is 5.10 Å². The molecule has 0 spiro atoms. The molecule has 5 nitrogen and oxygen atoms in total. The molecule has 1 N–H and O–H groups in total. The van der Waals surface area contributed by atoms with Gasteiger partial charge >= 0.3 is 0 Å². The molecule has 0 aromatic carbocycles. The van der Waals surface area contributed by atoms with Crippen molar-refractivity contribution < 1.29 is 8.42 Å². The van der Waals surface area contributed by atoms with Crippen LogP contribution in [0.1, 0.15) is 43.6 Å². The third-order valence-electron chi connectivity index (χ3n) is 4.99. The van der Waals surface area contributed by atoms with Crippen LogP contribution in [-0.2, 0) is 36.3 Å². The Morgan fingerprint density at radius 3 is 2.70 bits per heavy atom. The Hall–Kier alpha value is -0.880. The number of fused-ring (bicyclic) bond motifs is 1. The summed E-state index contributed by atoms with van der Waals surface area (Å²) >= 11 is 0. The van der Waals surface area contributed by atoms with Gasteiger partial charge in [0.1, 0.15) is 0 Å². The van der Waals surface area contributed by atoms with Crippen molar-refractivity contribution in [2.45, 2.75) is 56.9 Å². The zero-order chi connectivity index (χ0) is 14.5. The maximum atomic E-state index is 11.8. The van der Waals surface area contributed by atoms with Gasteiger partial charge in [-0.25, -0.2) is 8.42 Å². The highest BCUT2D eigenvalue weighted by atomic mass is 32.2. The zero-order valence-corrected chi connectivity index (χ0v) is 13.3. The molecule has 1 saturated heterocycles. The monoisotopic (exact) mass is 297 g/mol. The van der Waals surface area contributed by atoms with Gasteiger partial charge in [-0.1, -0.05) is 0 Å². The van der Waals surface area contributed by atoms with Crippen LogP contribution in [0.3, 0.4) is 0 Å². The van der Waals surface area contributed by atoms with Crippen LogP contribution in [0.4, 0.5) is 0 Å². The number of rotatable bonds is 3. The van der Waals surface area contributed by atoms with Crippen molar-refractivity contribution >= 4 is 9.84 Å². The first kappa shape index (κ1) is 14.1. The molecule has 0 bridgehead atoms. The lowest BCUT2D eigenvalue weighted by Gasteiger charge is -2.44. The second kappa shape index (κ2) is 4.56. The molecule has 112 valence electrons. The Balaban J connectivity index is 1.73. The molecule has 1 aromatic rings. The topological polar surface area (TPSA) is 64.0 Å². The van der Waals surface area contributed by atoms with Gasteiger partial charge in [-0.15, -0.1) is 0 Å². The van der Waals surface area contributed by atoms with Crippen LogP contribution in [0.2, 0.25) is 0 Å². The molecule has 1 aliphatic carbocycles. The maximum Gasteiger partial charge on any atom is 0.158 e. The van der Waals surface area contributed by atoms with E-state index in [1.54, 1.807) is 0 Å². The Labute approximate surface area is 120 Å². The fourth-order valence-electron chi connectivity index (χ4n) is 3.25. The lowest BCUT2D eigenvalue weighted by Crippen LogP contribution is -2.65. The third-order valence-corrected chi connectivity index (χ3v) is 7.65. The highest BCUT2D eigenvalue weighted by Crippen LogP contribution is 2.34. The third kappa shape index (κ3) is 2.00. The summed E-state index contributed by atoms with van der Waals surface area (Å²) < 4.78 is 24.8. The average molecular weight is 297 g/mol. The van der Waals surface area contributed by atoms with Crippen LogP contribution in [0.15, 0.2) is 0 Å². The molecule has 1 aromatic heterocycles. The van der Waals surface area contributed by atoms with E-state index in [0.29, 0.717) is 6.54 Å². The SMILES string of the molecule is Cn1nc2c(c1CN[C@H]1CS(=O)(=O)C1(C)C)CCCC2. The molecular weight excluding hydrogens is 274 g/mol. The normalized spacial score (nSPS) is 26.9. The summed E-state index contributed by atoms with van der Waals surface area (Å²) in [7, 11) is -0.928. The van der Waals surface area contributed by atoms with E-state index < -0.39 is 14.6 Å². The summed E-state index contributed by atoms with van der Waals surface area (Å²) in [6.07, 6.45) is 4.64. The second-order valence-corrected chi connectivity index (χ2v) is 9.14. The summed E-state index contributed by atoms with van der Waals surface area (Å²) in [6.45, 7) is 4.33. The van der Waals surface area contributed by atoms with Gasteiger partial charge in [0.05, 0.1) is 21.9 Å². The Morgan fingerprint density at radius 2 is 2.05 bits per heavy atom. The summed E-state index contributed by atoms with van der Waals surface area (Å²) in [5.41, 5.74) is 3.84. The Bertz CT molecular complexity index is 631. The van der Waals surface area contributed by atoms with Crippen LogP contribution < -0.4 is 5.32 Å². The van der Waals surface area contributed by atoms with Crippen molar-refractivity contribution in [2.75, 3.05) is 5.75 Å². The fraction of sp³-hybridized carbons (Fsp3) is 0.786. The van der Waals surface area contributed by atoms with E-state index >= 15 is 0 Å². The van der Waals surface area contributed by atoms with Gasteiger partial charge in [0, 0.05) is 19.6 Å². The number of aryl methyl sites for hydroxylation is 2. The van der Waals surface area contributed by atoms with Crippen molar-refractivity contribution in [3.8, 4) is 0 Å². The van der Waals surface area contributed by atoms with Crippen LogP contribution in [0, 0.1) is 0 Å². The first-order valence-electron chi connectivity index (χ1n) is 7.32. The highest BCUT2D eigenvalue weighted by Gasteiger charge is 2.53. The summed E-state index contributed by atoms with van der Waals surface area (Å²) in [5, 5.41) is 8.01. The molecule has 1 atom stereocenters. The summed E-state index contributed by atoms with van der Waals surface area (Å²) in [6, 6.07) is 0.0432. The van der Waals surface area contributed by atoms with E-state index in [1.807, 2.05) is 25.6 Å². The molecule has 2 aliphatic rings. The minimum absolute atomic E-state index is 0.0432. The summed E-state index contributed by atoms with van der Waals surface area (Å²) in [5.74, 6) is 0.250. The van der Waals surface area contributed by atoms with E-state index in [1.165, 1.54) is 29.8 Å². The van der Waals surface area contributed by atoms with Crippen LogP contribution >= 0.6 is 0 Å². The quantitative estimate of drug-likeness (QED) is 0.903. The number of nitrogens with one attached hydrogen (secondary N) is 1. The number of hydrogen-bond acceptors (Lipinski definition) is 4. The number of hydrogen-bond donors (Lipinski definition) is 1. The predicted molar refractivity (Wildman–Crippen MR) is 78.3 cm³/mol. The van der Waals surface area contributed by atoms with Crippen LogP contribution in [-0.4, -0.2) is 34.7 Å².